The van der Waals surface area contributed by atoms with Crippen molar-refractivity contribution in [1.29, 1.82) is 0 Å². The minimum atomic E-state index is 0.876. The van der Waals surface area contributed by atoms with Gasteiger partial charge in [0.15, 0.2) is 0 Å². The normalized spacial score (nSPS) is 10.8. The average molecular weight is 238 g/mol. The molecular formula is C15H14N2O. The number of benzene rings is 2. The van der Waals surface area contributed by atoms with Crippen molar-refractivity contribution in [2.24, 2.45) is 7.05 Å². The summed E-state index contributed by atoms with van der Waals surface area (Å²) in [4.78, 5) is 0. The average Bonchev–Trinajstić information content (AvgIpc) is 2.80. The van der Waals surface area contributed by atoms with Crippen LogP contribution < -0.4 is 4.74 Å². The number of hydrogen-bond acceptors (Lipinski definition) is 2. The molecule has 2 aromatic carbocycles. The number of ether oxygens (including phenoxy) is 1. The number of rotatable bonds is 2. The Morgan fingerprint density at radius 3 is 2.44 bits per heavy atom. The lowest BCUT2D eigenvalue weighted by Gasteiger charge is -2.04. The summed E-state index contributed by atoms with van der Waals surface area (Å²) in [5, 5.41) is 5.41. The molecule has 0 bridgehead atoms. The first-order valence-corrected chi connectivity index (χ1v) is 5.84. The van der Waals surface area contributed by atoms with E-state index in [9.17, 15) is 0 Å². The Kier molecular flexibility index (Phi) is 2.52. The predicted molar refractivity (Wildman–Crippen MR) is 72.7 cm³/mol. The van der Waals surface area contributed by atoms with Gasteiger partial charge in [-0.05, 0) is 35.4 Å². The second kappa shape index (κ2) is 4.18. The SMILES string of the molecule is COc1ccc(-c2ccc3c(cnn3C)c2)cc1. The van der Waals surface area contributed by atoms with E-state index in [1.807, 2.05) is 30.1 Å². The molecule has 3 heteroatoms. The summed E-state index contributed by atoms with van der Waals surface area (Å²) >= 11 is 0. The predicted octanol–water partition coefficient (Wildman–Crippen LogP) is 3.25. The van der Waals surface area contributed by atoms with Gasteiger partial charge in [-0.2, -0.15) is 5.10 Å². The van der Waals surface area contributed by atoms with Crippen molar-refractivity contribution in [3.05, 3.63) is 48.7 Å². The van der Waals surface area contributed by atoms with Crippen molar-refractivity contribution in [3.63, 3.8) is 0 Å². The Morgan fingerprint density at radius 2 is 1.72 bits per heavy atom. The fraction of sp³-hybridized carbons (Fsp3) is 0.133. The lowest BCUT2D eigenvalue weighted by atomic mass is 10.0. The van der Waals surface area contributed by atoms with Crippen LogP contribution in [0.25, 0.3) is 22.0 Å². The Hall–Kier alpha value is -2.29. The van der Waals surface area contributed by atoms with Crippen LogP contribution in [0.3, 0.4) is 0 Å². The van der Waals surface area contributed by atoms with Gasteiger partial charge in [0, 0.05) is 12.4 Å². The number of aromatic nitrogens is 2. The zero-order valence-electron chi connectivity index (χ0n) is 10.4. The number of hydrogen-bond donors (Lipinski definition) is 0. The Morgan fingerprint density at radius 1 is 1.00 bits per heavy atom. The van der Waals surface area contributed by atoms with E-state index in [1.54, 1.807) is 7.11 Å². The molecule has 0 amide bonds. The van der Waals surface area contributed by atoms with E-state index < -0.39 is 0 Å². The minimum Gasteiger partial charge on any atom is -0.497 e. The van der Waals surface area contributed by atoms with E-state index in [4.69, 9.17) is 4.74 Å². The molecule has 3 nitrogen and oxygen atoms in total. The molecule has 1 heterocycles. The fourth-order valence-corrected chi connectivity index (χ4v) is 2.13. The zero-order valence-corrected chi connectivity index (χ0v) is 10.4. The van der Waals surface area contributed by atoms with Crippen LogP contribution in [0.1, 0.15) is 0 Å². The van der Waals surface area contributed by atoms with Gasteiger partial charge < -0.3 is 4.74 Å². The summed E-state index contributed by atoms with van der Waals surface area (Å²) < 4.78 is 7.05. The summed E-state index contributed by atoms with van der Waals surface area (Å²) in [6.45, 7) is 0. The number of fused-ring (bicyclic) bond motifs is 1. The first-order chi connectivity index (χ1) is 8.78. The van der Waals surface area contributed by atoms with E-state index in [2.05, 4.69) is 35.4 Å². The van der Waals surface area contributed by atoms with Crippen molar-refractivity contribution in [3.8, 4) is 16.9 Å². The van der Waals surface area contributed by atoms with Gasteiger partial charge in [-0.15, -0.1) is 0 Å². The fourth-order valence-electron chi connectivity index (χ4n) is 2.13. The number of aryl methyl sites for hydroxylation is 1. The standard InChI is InChI=1S/C15H14N2O/c1-17-15-8-5-12(9-13(15)10-16-17)11-3-6-14(18-2)7-4-11/h3-10H,1-2H3. The topological polar surface area (TPSA) is 27.1 Å². The van der Waals surface area contributed by atoms with Crippen molar-refractivity contribution in [2.75, 3.05) is 7.11 Å². The summed E-state index contributed by atoms with van der Waals surface area (Å²) in [7, 11) is 3.63. The highest BCUT2D eigenvalue weighted by molar-refractivity contribution is 5.84. The summed E-state index contributed by atoms with van der Waals surface area (Å²) in [6, 6.07) is 14.5. The molecule has 0 aliphatic heterocycles. The van der Waals surface area contributed by atoms with Crippen molar-refractivity contribution in [1.82, 2.24) is 9.78 Å². The molecule has 0 N–H and O–H groups in total. The van der Waals surface area contributed by atoms with Crippen LogP contribution in [0.2, 0.25) is 0 Å². The van der Waals surface area contributed by atoms with Crippen LogP contribution >= 0.6 is 0 Å². The summed E-state index contributed by atoms with van der Waals surface area (Å²) in [6.07, 6.45) is 1.89. The van der Waals surface area contributed by atoms with Crippen molar-refractivity contribution >= 4 is 10.9 Å². The van der Waals surface area contributed by atoms with Gasteiger partial charge in [-0.1, -0.05) is 18.2 Å². The third-order valence-electron chi connectivity index (χ3n) is 3.17. The lowest BCUT2D eigenvalue weighted by molar-refractivity contribution is 0.415. The molecular weight excluding hydrogens is 224 g/mol. The minimum absolute atomic E-state index is 0.876. The maximum Gasteiger partial charge on any atom is 0.118 e. The quantitative estimate of drug-likeness (QED) is 0.685. The smallest absolute Gasteiger partial charge is 0.118 e. The Bertz CT molecular complexity index is 683. The molecule has 0 unspecified atom stereocenters. The van der Waals surface area contributed by atoms with E-state index in [0.717, 1.165) is 16.7 Å². The van der Waals surface area contributed by atoms with E-state index in [-0.39, 0.29) is 0 Å². The summed E-state index contributed by atoms with van der Waals surface area (Å²) in [5.41, 5.74) is 3.52. The number of nitrogens with zero attached hydrogens (tertiary/aromatic N) is 2. The van der Waals surface area contributed by atoms with Gasteiger partial charge in [0.25, 0.3) is 0 Å². The molecule has 0 atom stereocenters. The maximum absolute atomic E-state index is 5.17. The maximum atomic E-state index is 5.17. The third-order valence-corrected chi connectivity index (χ3v) is 3.17. The van der Waals surface area contributed by atoms with Crippen LogP contribution in [-0.4, -0.2) is 16.9 Å². The molecule has 0 radical (unpaired) electrons. The lowest BCUT2D eigenvalue weighted by Crippen LogP contribution is -1.88. The van der Waals surface area contributed by atoms with Crippen LogP contribution in [0.15, 0.2) is 48.7 Å². The molecule has 0 saturated carbocycles. The molecule has 0 fully saturated rings. The molecule has 0 saturated heterocycles. The first kappa shape index (κ1) is 10.8. The summed E-state index contributed by atoms with van der Waals surface area (Å²) in [5.74, 6) is 0.876. The first-order valence-electron chi connectivity index (χ1n) is 5.84. The second-order valence-corrected chi connectivity index (χ2v) is 4.27. The molecule has 1 aromatic heterocycles. The van der Waals surface area contributed by atoms with Gasteiger partial charge in [-0.3, -0.25) is 4.68 Å². The molecule has 0 aliphatic rings. The van der Waals surface area contributed by atoms with Crippen LogP contribution in [0.5, 0.6) is 5.75 Å². The van der Waals surface area contributed by atoms with Gasteiger partial charge in [0.2, 0.25) is 0 Å². The van der Waals surface area contributed by atoms with Crippen molar-refractivity contribution in [2.45, 2.75) is 0 Å². The molecule has 0 spiro atoms. The van der Waals surface area contributed by atoms with Crippen LogP contribution in [0, 0.1) is 0 Å². The highest BCUT2D eigenvalue weighted by atomic mass is 16.5. The third kappa shape index (κ3) is 1.74. The van der Waals surface area contributed by atoms with Crippen LogP contribution in [0.4, 0.5) is 0 Å². The molecule has 3 aromatic rings. The van der Waals surface area contributed by atoms with Gasteiger partial charge >= 0.3 is 0 Å². The Balaban J connectivity index is 2.07. The monoisotopic (exact) mass is 238 g/mol. The zero-order chi connectivity index (χ0) is 12.5. The van der Waals surface area contributed by atoms with Crippen molar-refractivity contribution < 1.29 is 4.74 Å². The molecule has 18 heavy (non-hydrogen) atoms. The Labute approximate surface area is 106 Å². The second-order valence-electron chi connectivity index (χ2n) is 4.27. The van der Waals surface area contributed by atoms with Gasteiger partial charge in [0.1, 0.15) is 5.75 Å². The highest BCUT2D eigenvalue weighted by Gasteiger charge is 2.03. The molecule has 3 rings (SSSR count). The number of methoxy groups -OCH3 is 1. The van der Waals surface area contributed by atoms with E-state index >= 15 is 0 Å². The largest absolute Gasteiger partial charge is 0.497 e. The van der Waals surface area contributed by atoms with Crippen LogP contribution in [-0.2, 0) is 7.05 Å². The molecule has 90 valence electrons. The van der Waals surface area contributed by atoms with E-state index in [0.29, 0.717) is 0 Å². The molecule has 0 aliphatic carbocycles. The van der Waals surface area contributed by atoms with Gasteiger partial charge in [0.05, 0.1) is 18.8 Å². The van der Waals surface area contributed by atoms with Gasteiger partial charge in [-0.25, -0.2) is 0 Å². The highest BCUT2D eigenvalue weighted by Crippen LogP contribution is 2.25. The van der Waals surface area contributed by atoms with E-state index in [1.165, 1.54) is 11.1 Å².